The standard InChI is InChI=1S/C21H25N3O2/c1-13-7-14(2)9-17(8-13)22-21(26)23-18-11-20(25)24(12-18)19-6-5-15(3)16(4)10-19/h5-10,18H,11-12H2,1-4H3,(H2,22,23,26). The summed E-state index contributed by atoms with van der Waals surface area (Å²) >= 11 is 0. The van der Waals surface area contributed by atoms with Gasteiger partial charge in [-0.25, -0.2) is 4.79 Å². The van der Waals surface area contributed by atoms with Gasteiger partial charge in [0.15, 0.2) is 0 Å². The second-order valence-electron chi connectivity index (χ2n) is 7.15. The average molecular weight is 351 g/mol. The van der Waals surface area contributed by atoms with Crippen molar-refractivity contribution >= 4 is 23.3 Å². The number of amides is 3. The van der Waals surface area contributed by atoms with Crippen molar-refractivity contribution < 1.29 is 9.59 Å². The molecule has 0 radical (unpaired) electrons. The smallest absolute Gasteiger partial charge is 0.319 e. The van der Waals surface area contributed by atoms with E-state index in [2.05, 4.69) is 16.7 Å². The van der Waals surface area contributed by atoms with E-state index in [1.807, 2.05) is 58.0 Å². The highest BCUT2D eigenvalue weighted by Crippen LogP contribution is 2.24. The van der Waals surface area contributed by atoms with E-state index in [1.165, 1.54) is 5.56 Å². The molecule has 2 N–H and O–H groups in total. The molecule has 1 heterocycles. The second kappa shape index (κ2) is 7.20. The number of nitrogens with zero attached hydrogens (tertiary/aromatic N) is 1. The zero-order valence-corrected chi connectivity index (χ0v) is 15.7. The normalized spacial score (nSPS) is 16.7. The summed E-state index contributed by atoms with van der Waals surface area (Å²) in [7, 11) is 0. The first-order chi connectivity index (χ1) is 12.3. The largest absolute Gasteiger partial charge is 0.333 e. The molecule has 3 rings (SSSR count). The van der Waals surface area contributed by atoms with Gasteiger partial charge in [-0.2, -0.15) is 0 Å². The van der Waals surface area contributed by atoms with Gasteiger partial charge in [0.05, 0.1) is 6.04 Å². The molecule has 0 aliphatic carbocycles. The van der Waals surface area contributed by atoms with Crippen LogP contribution in [0.4, 0.5) is 16.2 Å². The maximum Gasteiger partial charge on any atom is 0.319 e. The third-order valence-corrected chi connectivity index (χ3v) is 4.74. The third kappa shape index (κ3) is 4.04. The second-order valence-corrected chi connectivity index (χ2v) is 7.15. The van der Waals surface area contributed by atoms with Crippen molar-refractivity contribution in [2.24, 2.45) is 0 Å². The summed E-state index contributed by atoms with van der Waals surface area (Å²) < 4.78 is 0. The van der Waals surface area contributed by atoms with Crippen LogP contribution in [0.3, 0.4) is 0 Å². The van der Waals surface area contributed by atoms with Crippen molar-refractivity contribution in [3.63, 3.8) is 0 Å². The number of urea groups is 1. The molecule has 0 aromatic heterocycles. The average Bonchev–Trinajstić information content (AvgIpc) is 2.89. The molecule has 1 unspecified atom stereocenters. The fraction of sp³-hybridized carbons (Fsp3) is 0.333. The number of aryl methyl sites for hydroxylation is 4. The molecule has 0 saturated carbocycles. The summed E-state index contributed by atoms with van der Waals surface area (Å²) in [4.78, 5) is 26.4. The first-order valence-corrected chi connectivity index (χ1v) is 8.85. The molecule has 0 spiro atoms. The minimum atomic E-state index is -0.283. The molecule has 0 bridgehead atoms. The Kier molecular flexibility index (Phi) is 4.98. The molecule has 1 aliphatic rings. The number of carbonyl (C=O) groups excluding carboxylic acids is 2. The van der Waals surface area contributed by atoms with Crippen LogP contribution in [0, 0.1) is 27.7 Å². The molecule has 136 valence electrons. The van der Waals surface area contributed by atoms with Crippen LogP contribution in [0.2, 0.25) is 0 Å². The highest BCUT2D eigenvalue weighted by molar-refractivity contribution is 5.97. The summed E-state index contributed by atoms with van der Waals surface area (Å²) in [6, 6.07) is 11.4. The predicted molar refractivity (Wildman–Crippen MR) is 105 cm³/mol. The number of benzene rings is 2. The van der Waals surface area contributed by atoms with Gasteiger partial charge in [-0.05, 0) is 74.2 Å². The van der Waals surface area contributed by atoms with Crippen molar-refractivity contribution in [3.8, 4) is 0 Å². The van der Waals surface area contributed by atoms with Crippen LogP contribution >= 0.6 is 0 Å². The maximum absolute atomic E-state index is 12.4. The van der Waals surface area contributed by atoms with Crippen LogP contribution < -0.4 is 15.5 Å². The van der Waals surface area contributed by atoms with Crippen LogP contribution in [-0.4, -0.2) is 24.5 Å². The number of carbonyl (C=O) groups is 2. The third-order valence-electron chi connectivity index (χ3n) is 4.74. The summed E-state index contributed by atoms with van der Waals surface area (Å²) in [5.41, 5.74) is 6.18. The van der Waals surface area contributed by atoms with Crippen LogP contribution in [0.25, 0.3) is 0 Å². The van der Waals surface area contributed by atoms with Gasteiger partial charge in [-0.1, -0.05) is 12.1 Å². The Morgan fingerprint density at radius 1 is 1.00 bits per heavy atom. The first kappa shape index (κ1) is 18.0. The van der Waals surface area contributed by atoms with Gasteiger partial charge in [0.1, 0.15) is 0 Å². The van der Waals surface area contributed by atoms with E-state index >= 15 is 0 Å². The van der Waals surface area contributed by atoms with E-state index in [4.69, 9.17) is 0 Å². The topological polar surface area (TPSA) is 61.4 Å². The lowest BCUT2D eigenvalue weighted by Crippen LogP contribution is -2.39. The van der Waals surface area contributed by atoms with Gasteiger partial charge in [0.25, 0.3) is 0 Å². The lowest BCUT2D eigenvalue weighted by Gasteiger charge is -2.18. The van der Waals surface area contributed by atoms with Gasteiger partial charge in [0.2, 0.25) is 5.91 Å². The SMILES string of the molecule is Cc1cc(C)cc(NC(=O)NC2CC(=O)N(c3ccc(C)c(C)c3)C2)c1. The van der Waals surface area contributed by atoms with Gasteiger partial charge in [0, 0.05) is 24.3 Å². The Morgan fingerprint density at radius 2 is 1.69 bits per heavy atom. The molecule has 5 nitrogen and oxygen atoms in total. The summed E-state index contributed by atoms with van der Waals surface area (Å²) in [6.45, 7) is 8.56. The van der Waals surface area contributed by atoms with Crippen molar-refractivity contribution in [2.75, 3.05) is 16.8 Å². The first-order valence-electron chi connectivity index (χ1n) is 8.85. The Labute approximate surface area is 154 Å². The molecular formula is C21H25N3O2. The van der Waals surface area contributed by atoms with E-state index in [9.17, 15) is 9.59 Å². The molecule has 1 fully saturated rings. The molecule has 26 heavy (non-hydrogen) atoms. The quantitative estimate of drug-likeness (QED) is 0.882. The lowest BCUT2D eigenvalue weighted by atomic mass is 10.1. The van der Waals surface area contributed by atoms with E-state index < -0.39 is 0 Å². The minimum absolute atomic E-state index is 0.0324. The van der Waals surface area contributed by atoms with Crippen molar-refractivity contribution in [1.29, 1.82) is 0 Å². The molecule has 1 aliphatic heterocycles. The molecule has 1 atom stereocenters. The zero-order valence-electron chi connectivity index (χ0n) is 15.7. The van der Waals surface area contributed by atoms with Gasteiger partial charge < -0.3 is 15.5 Å². The van der Waals surface area contributed by atoms with E-state index in [0.29, 0.717) is 13.0 Å². The number of nitrogens with one attached hydrogen (secondary N) is 2. The molecule has 2 aromatic carbocycles. The monoisotopic (exact) mass is 351 g/mol. The minimum Gasteiger partial charge on any atom is -0.333 e. The molecule has 3 amide bonds. The molecule has 1 saturated heterocycles. The maximum atomic E-state index is 12.4. The summed E-state index contributed by atoms with van der Waals surface area (Å²) in [6.07, 6.45) is 0.313. The Balaban J connectivity index is 1.63. The van der Waals surface area contributed by atoms with E-state index in [1.54, 1.807) is 4.90 Å². The van der Waals surface area contributed by atoms with Crippen molar-refractivity contribution in [1.82, 2.24) is 5.32 Å². The number of anilines is 2. The van der Waals surface area contributed by atoms with E-state index in [0.717, 1.165) is 28.1 Å². The number of rotatable bonds is 3. The molecular weight excluding hydrogens is 326 g/mol. The van der Waals surface area contributed by atoms with Gasteiger partial charge in [-0.15, -0.1) is 0 Å². The van der Waals surface area contributed by atoms with Crippen molar-refractivity contribution in [2.45, 2.75) is 40.2 Å². The Morgan fingerprint density at radius 3 is 2.35 bits per heavy atom. The lowest BCUT2D eigenvalue weighted by molar-refractivity contribution is -0.117. The predicted octanol–water partition coefficient (Wildman–Crippen LogP) is 3.85. The van der Waals surface area contributed by atoms with Crippen LogP contribution in [-0.2, 0) is 4.79 Å². The fourth-order valence-corrected chi connectivity index (χ4v) is 3.35. The van der Waals surface area contributed by atoms with Crippen LogP contribution in [0.5, 0.6) is 0 Å². The molecule has 5 heteroatoms. The summed E-state index contributed by atoms with van der Waals surface area (Å²) in [5, 5.41) is 5.77. The van der Waals surface area contributed by atoms with Crippen LogP contribution in [0.15, 0.2) is 36.4 Å². The zero-order chi connectivity index (χ0) is 18.8. The fourth-order valence-electron chi connectivity index (χ4n) is 3.35. The Bertz CT molecular complexity index is 840. The molecule has 2 aromatic rings. The highest BCUT2D eigenvalue weighted by atomic mass is 16.2. The highest BCUT2D eigenvalue weighted by Gasteiger charge is 2.31. The van der Waals surface area contributed by atoms with Crippen LogP contribution in [0.1, 0.15) is 28.7 Å². The number of hydrogen-bond acceptors (Lipinski definition) is 2. The van der Waals surface area contributed by atoms with Crippen molar-refractivity contribution in [3.05, 3.63) is 58.7 Å². The van der Waals surface area contributed by atoms with Gasteiger partial charge >= 0.3 is 6.03 Å². The number of hydrogen-bond donors (Lipinski definition) is 2. The summed E-state index contributed by atoms with van der Waals surface area (Å²) in [5.74, 6) is 0.0324. The Hall–Kier alpha value is -2.82. The van der Waals surface area contributed by atoms with E-state index in [-0.39, 0.29) is 18.0 Å². The van der Waals surface area contributed by atoms with Gasteiger partial charge in [-0.3, -0.25) is 4.79 Å².